The van der Waals surface area contributed by atoms with E-state index in [1.807, 2.05) is 27.7 Å². The number of aliphatic carboxylic acids is 1. The lowest BCUT2D eigenvalue weighted by atomic mass is 9.98. The monoisotopic (exact) mass is 969 g/mol. The summed E-state index contributed by atoms with van der Waals surface area (Å²) in [6.07, 6.45) is -0.624. The second kappa shape index (κ2) is 30.7. The molecule has 23 heteroatoms. The van der Waals surface area contributed by atoms with Gasteiger partial charge in [-0.2, -0.15) is 0 Å². The largest absolute Gasteiger partial charge is 0.480 e. The number of guanidine groups is 1. The summed E-state index contributed by atoms with van der Waals surface area (Å²) in [5.41, 5.74) is 17.0. The number of aliphatic imine (C=N–C) groups is 1. The molecule has 0 heterocycles. The number of hydrogen-bond acceptors (Lipinski definition) is 12. The molecule has 0 rings (SSSR count). The molecule has 8 amide bonds. The van der Waals surface area contributed by atoms with Gasteiger partial charge in [-0.1, -0.05) is 83.1 Å². The molecular weight excluding hydrogens is 885 g/mol. The van der Waals surface area contributed by atoms with Crippen LogP contribution in [-0.4, -0.2) is 137 Å². The lowest BCUT2D eigenvalue weighted by Gasteiger charge is -2.29. The van der Waals surface area contributed by atoms with Crippen LogP contribution < -0.4 is 59.7 Å². The van der Waals surface area contributed by atoms with Gasteiger partial charge in [-0.25, -0.2) is 4.79 Å². The average Bonchev–Trinajstić information content (AvgIpc) is 3.20. The fourth-order valence-corrected chi connectivity index (χ4v) is 6.85. The fraction of sp³-hybridized carbons (Fsp3) is 0.778. The maximum Gasteiger partial charge on any atom is 0.326 e. The van der Waals surface area contributed by atoms with Gasteiger partial charge in [0.15, 0.2) is 5.96 Å². The van der Waals surface area contributed by atoms with E-state index in [4.69, 9.17) is 17.2 Å². The standard InChI is InChI=1S/C45H84N12O11/c1-21(2)17-28(46)37(60)52-30(18-22(3)4)39(62)55-33(24(7)8)41(64)51-29(15-14-16-49-45(47)48)38(61)50-20-32(59)54-36(27(13)58)43(66)53-31(19-23(5)6)40(63)56-34(25(9)10)42(65)57-35(26(11)12)44(67)68/h21-31,33-36,58H,14-20,46H2,1-13H3,(H,50,61)(H,51,64)(H,52,60)(H,53,66)(H,54,59)(H,55,62)(H,56,63)(H,57,65)(H,67,68)(H4,47,48,49)/t27-,28+,29+,30+,31+,33+,34+,35+,36+/m1/s1. The first-order chi connectivity index (χ1) is 31.4. The third-order valence-electron chi connectivity index (χ3n) is 10.5. The Hall–Kier alpha value is -5.58. The summed E-state index contributed by atoms with van der Waals surface area (Å²) in [4.78, 5) is 123. The Morgan fingerprint density at radius 3 is 1.28 bits per heavy atom. The Morgan fingerprint density at radius 2 is 0.882 bits per heavy atom. The van der Waals surface area contributed by atoms with E-state index >= 15 is 0 Å². The molecule has 0 aromatic carbocycles. The third kappa shape index (κ3) is 23.9. The third-order valence-corrected chi connectivity index (χ3v) is 10.5. The predicted molar refractivity (Wildman–Crippen MR) is 257 cm³/mol. The van der Waals surface area contributed by atoms with E-state index in [0.717, 1.165) is 0 Å². The minimum atomic E-state index is -1.63. The van der Waals surface area contributed by atoms with Crippen LogP contribution in [0.5, 0.6) is 0 Å². The van der Waals surface area contributed by atoms with E-state index in [9.17, 15) is 53.4 Å². The van der Waals surface area contributed by atoms with Crippen LogP contribution in [0, 0.1) is 35.5 Å². The Morgan fingerprint density at radius 1 is 0.485 bits per heavy atom. The fourth-order valence-electron chi connectivity index (χ4n) is 6.85. The van der Waals surface area contributed by atoms with Crippen molar-refractivity contribution in [3.05, 3.63) is 0 Å². The smallest absolute Gasteiger partial charge is 0.326 e. The quantitative estimate of drug-likeness (QED) is 0.0213. The van der Waals surface area contributed by atoms with E-state index in [1.54, 1.807) is 55.4 Å². The Balaban J connectivity index is 6.21. The molecule has 390 valence electrons. The molecule has 0 spiro atoms. The van der Waals surface area contributed by atoms with Crippen LogP contribution in [0.2, 0.25) is 0 Å². The summed E-state index contributed by atoms with van der Waals surface area (Å²) in [6.45, 7) is 21.6. The zero-order valence-electron chi connectivity index (χ0n) is 42.4. The molecule has 0 aliphatic heterocycles. The van der Waals surface area contributed by atoms with E-state index in [1.165, 1.54) is 6.92 Å². The van der Waals surface area contributed by atoms with Gasteiger partial charge >= 0.3 is 5.97 Å². The topological polar surface area (TPSA) is 381 Å². The van der Waals surface area contributed by atoms with Crippen molar-refractivity contribution in [2.24, 2.45) is 57.7 Å². The molecule has 0 bridgehead atoms. The van der Waals surface area contributed by atoms with Gasteiger partial charge in [0, 0.05) is 6.54 Å². The molecule has 68 heavy (non-hydrogen) atoms. The van der Waals surface area contributed by atoms with Gasteiger partial charge in [0.1, 0.15) is 42.3 Å². The number of carbonyl (C=O) groups is 9. The number of aliphatic hydroxyl groups is 1. The van der Waals surface area contributed by atoms with Crippen LogP contribution in [0.25, 0.3) is 0 Å². The summed E-state index contributed by atoms with van der Waals surface area (Å²) >= 11 is 0. The van der Waals surface area contributed by atoms with Crippen LogP contribution >= 0.6 is 0 Å². The summed E-state index contributed by atoms with van der Waals surface area (Å²) in [5, 5.41) is 40.6. The number of rotatable bonds is 31. The number of carboxylic acid groups (broad SMARTS) is 1. The maximum absolute atomic E-state index is 13.8. The van der Waals surface area contributed by atoms with E-state index in [2.05, 4.69) is 47.5 Å². The van der Waals surface area contributed by atoms with Crippen LogP contribution in [0.3, 0.4) is 0 Å². The summed E-state index contributed by atoms with van der Waals surface area (Å²) in [7, 11) is 0. The minimum Gasteiger partial charge on any atom is -0.480 e. The maximum atomic E-state index is 13.8. The molecule has 23 nitrogen and oxygen atoms in total. The first-order valence-electron chi connectivity index (χ1n) is 23.5. The number of amides is 8. The van der Waals surface area contributed by atoms with Crippen LogP contribution in [0.4, 0.5) is 0 Å². The highest BCUT2D eigenvalue weighted by Crippen LogP contribution is 2.13. The molecule has 0 unspecified atom stereocenters. The number of nitrogens with one attached hydrogen (secondary N) is 8. The average molecular weight is 969 g/mol. The zero-order valence-corrected chi connectivity index (χ0v) is 42.4. The second-order valence-electron chi connectivity index (χ2n) is 19.7. The highest BCUT2D eigenvalue weighted by molar-refractivity contribution is 5.97. The van der Waals surface area contributed by atoms with Gasteiger partial charge in [-0.15, -0.1) is 0 Å². The lowest BCUT2D eigenvalue weighted by Crippen LogP contribution is -2.61. The van der Waals surface area contributed by atoms with Crippen molar-refractivity contribution in [2.75, 3.05) is 13.1 Å². The lowest BCUT2D eigenvalue weighted by molar-refractivity contribution is -0.144. The van der Waals surface area contributed by atoms with Gasteiger partial charge in [0.25, 0.3) is 0 Å². The molecular formula is C45H84N12O11. The number of nitrogens with zero attached hydrogens (tertiary/aromatic N) is 1. The second-order valence-corrected chi connectivity index (χ2v) is 19.7. The van der Waals surface area contributed by atoms with E-state index in [0.29, 0.717) is 6.42 Å². The van der Waals surface area contributed by atoms with Crippen molar-refractivity contribution in [3.8, 4) is 0 Å². The summed E-state index contributed by atoms with van der Waals surface area (Å²) in [6, 6.07) is -9.62. The molecule has 0 aromatic rings. The number of nitrogens with two attached hydrogens (primary N) is 3. The van der Waals surface area contributed by atoms with Gasteiger partial charge < -0.3 is 69.9 Å². The number of aliphatic hydroxyl groups excluding tert-OH is 1. The molecule has 0 aliphatic carbocycles. The van der Waals surface area contributed by atoms with Crippen LogP contribution in [-0.2, 0) is 43.2 Å². The Kier molecular flexibility index (Phi) is 28.2. The molecule has 9 atom stereocenters. The van der Waals surface area contributed by atoms with Crippen LogP contribution in [0.1, 0.15) is 122 Å². The molecule has 0 saturated heterocycles. The normalized spacial score (nSPS) is 15.5. The Bertz CT molecular complexity index is 1720. The first-order valence-corrected chi connectivity index (χ1v) is 23.5. The van der Waals surface area contributed by atoms with E-state index < -0.39 is 132 Å². The molecule has 16 N–H and O–H groups in total. The molecule has 0 fully saturated rings. The Labute approximate surface area is 401 Å². The van der Waals surface area contributed by atoms with Gasteiger partial charge in [-0.3, -0.25) is 43.3 Å². The number of carboxylic acids is 1. The van der Waals surface area contributed by atoms with Gasteiger partial charge in [0.2, 0.25) is 47.3 Å². The van der Waals surface area contributed by atoms with Crippen molar-refractivity contribution < 1.29 is 53.4 Å². The highest BCUT2D eigenvalue weighted by Gasteiger charge is 2.36. The highest BCUT2D eigenvalue weighted by atomic mass is 16.4. The summed E-state index contributed by atoms with van der Waals surface area (Å²) in [5.74, 6) is -9.06. The first kappa shape index (κ1) is 62.4. The number of hydrogen-bond donors (Lipinski definition) is 13. The van der Waals surface area contributed by atoms with Crippen molar-refractivity contribution in [2.45, 2.75) is 177 Å². The molecule has 0 radical (unpaired) electrons. The SMILES string of the molecule is CC(C)C[C@H](NC(=O)[C@@H](NC(=O)CNC(=O)[C@H](CCCN=C(N)N)NC(=O)[C@@H](NC(=O)[C@H](CC(C)C)NC(=O)[C@@H](N)CC(C)C)C(C)C)[C@@H](C)O)C(=O)N[C@H](C(=O)N[C@H](C(=O)O)C(C)C)C(C)C. The zero-order chi connectivity index (χ0) is 52.7. The van der Waals surface area contributed by atoms with Crippen molar-refractivity contribution in [3.63, 3.8) is 0 Å². The van der Waals surface area contributed by atoms with Crippen LogP contribution in [0.15, 0.2) is 4.99 Å². The van der Waals surface area contributed by atoms with Gasteiger partial charge in [-0.05, 0) is 74.5 Å². The molecule has 0 aliphatic rings. The number of carbonyl (C=O) groups excluding carboxylic acids is 8. The molecule has 0 aromatic heterocycles. The van der Waals surface area contributed by atoms with Gasteiger partial charge in [0.05, 0.1) is 18.7 Å². The minimum absolute atomic E-state index is 0.0241. The van der Waals surface area contributed by atoms with Crippen molar-refractivity contribution in [1.29, 1.82) is 0 Å². The van der Waals surface area contributed by atoms with E-state index in [-0.39, 0.29) is 55.9 Å². The predicted octanol–water partition coefficient (Wildman–Crippen LogP) is -1.55. The summed E-state index contributed by atoms with van der Waals surface area (Å²) < 4.78 is 0. The molecule has 0 saturated carbocycles. The van der Waals surface area contributed by atoms with Crippen molar-refractivity contribution in [1.82, 2.24) is 42.5 Å². The van der Waals surface area contributed by atoms with Crippen molar-refractivity contribution >= 4 is 59.2 Å².